The predicted molar refractivity (Wildman–Crippen MR) is 88.9 cm³/mol. The Kier molecular flexibility index (Phi) is 3.76. The Morgan fingerprint density at radius 2 is 1.81 bits per heavy atom. The van der Waals surface area contributed by atoms with Crippen molar-refractivity contribution in [2.24, 2.45) is 0 Å². The van der Waals surface area contributed by atoms with Crippen molar-refractivity contribution in [3.63, 3.8) is 0 Å². The molecular formula is C17H16ClN3. The van der Waals surface area contributed by atoms with E-state index in [1.807, 2.05) is 24.3 Å². The zero-order valence-corrected chi connectivity index (χ0v) is 12.8. The zero-order chi connectivity index (χ0) is 14.8. The van der Waals surface area contributed by atoms with E-state index in [2.05, 4.69) is 47.3 Å². The summed E-state index contributed by atoms with van der Waals surface area (Å²) in [4.78, 5) is 9.34. The molecular weight excluding hydrogens is 282 g/mol. The van der Waals surface area contributed by atoms with Crippen molar-refractivity contribution in [2.75, 3.05) is 11.9 Å². The molecule has 0 atom stereocenters. The number of rotatable bonds is 3. The molecule has 0 bridgehead atoms. The summed E-state index contributed by atoms with van der Waals surface area (Å²) in [6.45, 7) is 4.95. The quantitative estimate of drug-likeness (QED) is 0.762. The molecule has 3 aromatic rings. The SMILES string of the molecule is CCNc1nc(-c2ccc(Cl)cc2)nc2cc(C)ccc12. The van der Waals surface area contributed by atoms with Gasteiger partial charge >= 0.3 is 0 Å². The lowest BCUT2D eigenvalue weighted by Gasteiger charge is -2.10. The molecule has 0 fully saturated rings. The minimum atomic E-state index is 0.709. The Hall–Kier alpha value is -2.13. The van der Waals surface area contributed by atoms with Crippen LogP contribution in [0.1, 0.15) is 12.5 Å². The van der Waals surface area contributed by atoms with Gasteiger partial charge in [-0.15, -0.1) is 0 Å². The summed E-state index contributed by atoms with van der Waals surface area (Å²) >= 11 is 5.94. The number of hydrogen-bond acceptors (Lipinski definition) is 3. The van der Waals surface area contributed by atoms with Gasteiger partial charge in [-0.05, 0) is 55.8 Å². The third kappa shape index (κ3) is 2.83. The standard InChI is InChI=1S/C17H16ClN3/c1-3-19-17-14-9-4-11(2)10-15(14)20-16(21-17)12-5-7-13(18)8-6-12/h4-10H,3H2,1-2H3,(H,19,20,21). The van der Waals surface area contributed by atoms with E-state index in [1.165, 1.54) is 5.56 Å². The van der Waals surface area contributed by atoms with Crippen LogP contribution in [-0.2, 0) is 0 Å². The minimum absolute atomic E-state index is 0.709. The van der Waals surface area contributed by atoms with Gasteiger partial charge in [0.1, 0.15) is 5.82 Å². The Balaban J connectivity index is 2.21. The van der Waals surface area contributed by atoms with Crippen LogP contribution in [0, 0.1) is 6.92 Å². The second-order valence-electron chi connectivity index (χ2n) is 4.95. The first kappa shape index (κ1) is 13.8. The van der Waals surface area contributed by atoms with Crippen LogP contribution in [0.2, 0.25) is 5.02 Å². The molecule has 3 nitrogen and oxygen atoms in total. The maximum Gasteiger partial charge on any atom is 0.162 e. The Morgan fingerprint density at radius 3 is 2.52 bits per heavy atom. The number of aromatic nitrogens is 2. The third-order valence-corrected chi connectivity index (χ3v) is 3.55. The summed E-state index contributed by atoms with van der Waals surface area (Å²) in [6.07, 6.45) is 0. The minimum Gasteiger partial charge on any atom is -0.370 e. The van der Waals surface area contributed by atoms with Crippen LogP contribution in [0.3, 0.4) is 0 Å². The Bertz CT molecular complexity index is 782. The molecule has 0 aliphatic heterocycles. The van der Waals surface area contributed by atoms with Crippen LogP contribution in [0.5, 0.6) is 0 Å². The maximum atomic E-state index is 5.94. The molecule has 0 saturated heterocycles. The third-order valence-electron chi connectivity index (χ3n) is 3.30. The summed E-state index contributed by atoms with van der Waals surface area (Å²) in [5, 5.41) is 5.07. The van der Waals surface area contributed by atoms with E-state index < -0.39 is 0 Å². The largest absolute Gasteiger partial charge is 0.370 e. The van der Waals surface area contributed by atoms with Gasteiger partial charge in [0.15, 0.2) is 5.82 Å². The van der Waals surface area contributed by atoms with Gasteiger partial charge in [0.25, 0.3) is 0 Å². The molecule has 3 rings (SSSR count). The molecule has 4 heteroatoms. The number of anilines is 1. The molecule has 0 spiro atoms. The molecule has 0 saturated carbocycles. The van der Waals surface area contributed by atoms with Crippen molar-refractivity contribution < 1.29 is 0 Å². The van der Waals surface area contributed by atoms with Gasteiger partial charge < -0.3 is 5.32 Å². The first-order chi connectivity index (χ1) is 10.2. The molecule has 1 heterocycles. The smallest absolute Gasteiger partial charge is 0.162 e. The van der Waals surface area contributed by atoms with E-state index in [1.54, 1.807) is 0 Å². The molecule has 106 valence electrons. The van der Waals surface area contributed by atoms with E-state index in [0.29, 0.717) is 10.8 Å². The van der Waals surface area contributed by atoms with E-state index in [-0.39, 0.29) is 0 Å². The van der Waals surface area contributed by atoms with Gasteiger partial charge in [0.2, 0.25) is 0 Å². The first-order valence-corrected chi connectivity index (χ1v) is 7.33. The highest BCUT2D eigenvalue weighted by Gasteiger charge is 2.09. The van der Waals surface area contributed by atoms with Crippen LogP contribution in [0.4, 0.5) is 5.82 Å². The monoisotopic (exact) mass is 297 g/mol. The fourth-order valence-electron chi connectivity index (χ4n) is 2.27. The molecule has 2 aromatic carbocycles. The molecule has 0 radical (unpaired) electrons. The number of benzene rings is 2. The zero-order valence-electron chi connectivity index (χ0n) is 12.0. The molecule has 21 heavy (non-hydrogen) atoms. The van der Waals surface area contributed by atoms with E-state index in [4.69, 9.17) is 11.6 Å². The highest BCUT2D eigenvalue weighted by Crippen LogP contribution is 2.26. The molecule has 0 aliphatic carbocycles. The van der Waals surface area contributed by atoms with Crippen molar-refractivity contribution in [1.29, 1.82) is 0 Å². The Labute approximate surface area is 129 Å². The lowest BCUT2D eigenvalue weighted by atomic mass is 10.1. The topological polar surface area (TPSA) is 37.8 Å². The second kappa shape index (κ2) is 5.70. The van der Waals surface area contributed by atoms with Gasteiger partial charge in [0, 0.05) is 22.5 Å². The van der Waals surface area contributed by atoms with Crippen LogP contribution in [-0.4, -0.2) is 16.5 Å². The van der Waals surface area contributed by atoms with Crippen molar-refractivity contribution in [3.05, 3.63) is 53.1 Å². The van der Waals surface area contributed by atoms with Crippen LogP contribution < -0.4 is 5.32 Å². The molecule has 1 N–H and O–H groups in total. The predicted octanol–water partition coefficient (Wildman–Crippen LogP) is 4.69. The van der Waals surface area contributed by atoms with E-state index in [0.717, 1.165) is 28.8 Å². The molecule has 0 aliphatic rings. The number of fused-ring (bicyclic) bond motifs is 1. The van der Waals surface area contributed by atoms with Crippen molar-refractivity contribution in [2.45, 2.75) is 13.8 Å². The van der Waals surface area contributed by atoms with E-state index >= 15 is 0 Å². The maximum absolute atomic E-state index is 5.94. The van der Waals surface area contributed by atoms with Gasteiger partial charge in [0.05, 0.1) is 5.52 Å². The molecule has 0 amide bonds. The normalized spacial score (nSPS) is 10.8. The number of nitrogens with one attached hydrogen (secondary N) is 1. The fraction of sp³-hybridized carbons (Fsp3) is 0.176. The van der Waals surface area contributed by atoms with E-state index in [9.17, 15) is 0 Å². The summed E-state index contributed by atoms with van der Waals surface area (Å²) < 4.78 is 0. The van der Waals surface area contributed by atoms with Crippen LogP contribution in [0.25, 0.3) is 22.3 Å². The average molecular weight is 298 g/mol. The van der Waals surface area contributed by atoms with Gasteiger partial charge in [-0.25, -0.2) is 9.97 Å². The summed E-state index contributed by atoms with van der Waals surface area (Å²) in [5.41, 5.74) is 3.10. The average Bonchev–Trinajstić information content (AvgIpc) is 2.47. The van der Waals surface area contributed by atoms with Crippen LogP contribution in [0.15, 0.2) is 42.5 Å². The lowest BCUT2D eigenvalue weighted by Crippen LogP contribution is -2.03. The summed E-state index contributed by atoms with van der Waals surface area (Å²) in [7, 11) is 0. The lowest BCUT2D eigenvalue weighted by molar-refractivity contribution is 1.14. The number of aryl methyl sites for hydroxylation is 1. The molecule has 0 unspecified atom stereocenters. The number of nitrogens with zero attached hydrogens (tertiary/aromatic N) is 2. The number of hydrogen-bond donors (Lipinski definition) is 1. The summed E-state index contributed by atoms with van der Waals surface area (Å²) in [5.74, 6) is 1.58. The summed E-state index contributed by atoms with van der Waals surface area (Å²) in [6, 6.07) is 13.8. The Morgan fingerprint density at radius 1 is 1.05 bits per heavy atom. The van der Waals surface area contributed by atoms with Crippen LogP contribution >= 0.6 is 11.6 Å². The second-order valence-corrected chi connectivity index (χ2v) is 5.39. The van der Waals surface area contributed by atoms with Gasteiger partial charge in [-0.3, -0.25) is 0 Å². The van der Waals surface area contributed by atoms with Crippen molar-refractivity contribution in [3.8, 4) is 11.4 Å². The van der Waals surface area contributed by atoms with Crippen molar-refractivity contribution >= 4 is 28.3 Å². The molecule has 1 aromatic heterocycles. The van der Waals surface area contributed by atoms with Crippen molar-refractivity contribution in [1.82, 2.24) is 9.97 Å². The van der Waals surface area contributed by atoms with Gasteiger partial charge in [-0.2, -0.15) is 0 Å². The van der Waals surface area contributed by atoms with Gasteiger partial charge in [-0.1, -0.05) is 17.7 Å². The highest BCUT2D eigenvalue weighted by molar-refractivity contribution is 6.30. The first-order valence-electron chi connectivity index (χ1n) is 6.95. The highest BCUT2D eigenvalue weighted by atomic mass is 35.5. The number of halogens is 1. The fourth-order valence-corrected chi connectivity index (χ4v) is 2.40.